The van der Waals surface area contributed by atoms with Gasteiger partial charge in [0.05, 0.1) is 5.69 Å². The molecule has 5 rings (SSSR count). The van der Waals surface area contributed by atoms with E-state index in [1.165, 1.54) is 0 Å². The van der Waals surface area contributed by atoms with E-state index in [1.54, 1.807) is 7.11 Å². The number of carbonyl (C=O) groups is 2. The van der Waals surface area contributed by atoms with Crippen molar-refractivity contribution in [1.29, 1.82) is 0 Å². The van der Waals surface area contributed by atoms with Crippen LogP contribution < -0.4 is 9.74 Å². The van der Waals surface area contributed by atoms with Crippen LogP contribution in [0.3, 0.4) is 0 Å². The Kier molecular flexibility index (Phi) is 10.5. The summed E-state index contributed by atoms with van der Waals surface area (Å²) in [4.78, 5) is 27.0. The lowest BCUT2D eigenvalue weighted by atomic mass is 9.54. The predicted octanol–water partition coefficient (Wildman–Crippen LogP) is 10.2. The maximum Gasteiger partial charge on any atom is 0.412 e. The first kappa shape index (κ1) is 40.1. The fourth-order valence-corrected chi connectivity index (χ4v) is 16.2. The predicted molar refractivity (Wildman–Crippen MR) is 210 cm³/mol. The van der Waals surface area contributed by atoms with E-state index in [2.05, 4.69) is 86.3 Å². The molecule has 0 radical (unpaired) electrons. The van der Waals surface area contributed by atoms with Crippen molar-refractivity contribution in [2.45, 2.75) is 148 Å². The van der Waals surface area contributed by atoms with Gasteiger partial charge in [-0.3, -0.25) is 10.1 Å². The van der Waals surface area contributed by atoms with Crippen molar-refractivity contribution in [3.8, 4) is 5.75 Å². The van der Waals surface area contributed by atoms with Crippen molar-refractivity contribution >= 4 is 31.6 Å². The van der Waals surface area contributed by atoms with E-state index in [0.717, 1.165) is 22.3 Å². The largest absolute Gasteiger partial charge is 0.541 e. The Morgan fingerprint density at radius 3 is 2.17 bits per heavy atom. The molecule has 8 nitrogen and oxygen atoms in total. The van der Waals surface area contributed by atoms with Crippen LogP contribution in [0.4, 0.5) is 10.5 Å². The number of para-hydroxylation sites is 1. The molecule has 0 spiro atoms. The Balaban J connectivity index is 1.45. The summed E-state index contributed by atoms with van der Waals surface area (Å²) in [7, 11) is -0.779. The summed E-state index contributed by atoms with van der Waals surface area (Å²) < 4.78 is 25.7. The number of fused-ring (bicyclic) bond motifs is 7. The summed E-state index contributed by atoms with van der Waals surface area (Å²) in [5.74, 6) is 0.145. The van der Waals surface area contributed by atoms with E-state index in [-0.39, 0.29) is 34.9 Å². The summed E-state index contributed by atoms with van der Waals surface area (Å²) in [6, 6.07) is 13.8. The van der Waals surface area contributed by atoms with E-state index in [1.807, 2.05) is 51.1 Å². The SMILES string of the molecule is C=C1C[C@]2(O)[C@](OC)(c3ccccc31)[C@H]1C[C@@H](OC(=O)CCc3cccc(NC(=O)OC(C)(C)C)c3O[Si](C(C)C)(C(C)C)C(C)C)[C@]2(C)C1(C)C. The quantitative estimate of drug-likeness (QED) is 0.175. The Morgan fingerprint density at radius 2 is 1.60 bits per heavy atom. The highest BCUT2D eigenvalue weighted by molar-refractivity contribution is 6.78. The van der Waals surface area contributed by atoms with Gasteiger partial charge in [0.2, 0.25) is 0 Å². The van der Waals surface area contributed by atoms with E-state index >= 15 is 0 Å². The van der Waals surface area contributed by atoms with Gasteiger partial charge in [0.25, 0.3) is 8.32 Å². The fourth-order valence-electron chi connectivity index (χ4n) is 10.9. The number of carbonyl (C=O) groups excluding carboxylic acids is 2. The molecule has 2 aromatic carbocycles. The zero-order valence-corrected chi connectivity index (χ0v) is 34.9. The molecule has 0 heterocycles. The molecule has 2 aromatic rings. The van der Waals surface area contributed by atoms with E-state index in [9.17, 15) is 14.7 Å². The van der Waals surface area contributed by atoms with E-state index < -0.39 is 48.1 Å². The highest BCUT2D eigenvalue weighted by atomic mass is 28.4. The van der Waals surface area contributed by atoms with Crippen molar-refractivity contribution in [2.24, 2.45) is 16.7 Å². The third kappa shape index (κ3) is 5.84. The molecule has 52 heavy (non-hydrogen) atoms. The lowest BCUT2D eigenvalue weighted by molar-refractivity contribution is -0.254. The molecule has 2 fully saturated rings. The van der Waals surface area contributed by atoms with Crippen LogP contribution in [0.2, 0.25) is 16.6 Å². The Bertz CT molecular complexity index is 1690. The molecule has 2 N–H and O–H groups in total. The minimum Gasteiger partial charge on any atom is -0.541 e. The molecule has 0 unspecified atom stereocenters. The van der Waals surface area contributed by atoms with Gasteiger partial charge in [0, 0.05) is 31.3 Å². The van der Waals surface area contributed by atoms with Crippen LogP contribution in [-0.2, 0) is 31.0 Å². The van der Waals surface area contributed by atoms with Crippen molar-refractivity contribution in [3.63, 3.8) is 0 Å². The lowest BCUT2D eigenvalue weighted by Crippen LogP contribution is -2.66. The van der Waals surface area contributed by atoms with E-state index in [0.29, 0.717) is 30.7 Å². The van der Waals surface area contributed by atoms with Crippen LogP contribution in [0.5, 0.6) is 5.75 Å². The molecule has 2 bridgehead atoms. The van der Waals surface area contributed by atoms with Gasteiger partial charge in [0.1, 0.15) is 28.7 Å². The molecule has 3 aliphatic rings. The van der Waals surface area contributed by atoms with Crippen molar-refractivity contribution < 1.29 is 33.3 Å². The van der Waals surface area contributed by atoms with Crippen LogP contribution in [0, 0.1) is 16.7 Å². The Labute approximate surface area is 313 Å². The number of anilines is 1. The summed E-state index contributed by atoms with van der Waals surface area (Å²) in [5.41, 5.74) is 0.812. The third-order valence-electron chi connectivity index (χ3n) is 13.4. The minimum absolute atomic E-state index is 0.104. The second kappa shape index (κ2) is 13.6. The zero-order chi connectivity index (χ0) is 38.8. The van der Waals surface area contributed by atoms with Crippen LogP contribution in [0.15, 0.2) is 49.0 Å². The zero-order valence-electron chi connectivity index (χ0n) is 33.9. The molecule has 5 atom stereocenters. The Hall–Kier alpha value is -3.14. The number of esters is 1. The number of nitrogens with one attached hydrogen (secondary N) is 1. The van der Waals surface area contributed by atoms with Gasteiger partial charge in [-0.1, -0.05) is 105 Å². The van der Waals surface area contributed by atoms with Crippen molar-refractivity contribution in [2.75, 3.05) is 12.4 Å². The first-order chi connectivity index (χ1) is 24.0. The maximum atomic E-state index is 13.9. The molecule has 0 saturated heterocycles. The average molecular weight is 734 g/mol. The normalized spacial score (nSPS) is 27.8. The number of amides is 1. The number of aliphatic hydroxyl groups is 1. The topological polar surface area (TPSA) is 103 Å². The maximum absolute atomic E-state index is 13.9. The molecule has 2 saturated carbocycles. The first-order valence-electron chi connectivity index (χ1n) is 19.1. The van der Waals surface area contributed by atoms with Crippen LogP contribution >= 0.6 is 0 Å². The van der Waals surface area contributed by atoms with Gasteiger partial charge < -0.3 is 23.7 Å². The van der Waals surface area contributed by atoms with E-state index in [4.69, 9.17) is 18.6 Å². The van der Waals surface area contributed by atoms with Gasteiger partial charge in [-0.15, -0.1) is 0 Å². The van der Waals surface area contributed by atoms with Gasteiger partial charge in [-0.25, -0.2) is 4.79 Å². The molecule has 0 aromatic heterocycles. The number of aryl methyl sites for hydroxylation is 1. The summed E-state index contributed by atoms with van der Waals surface area (Å²) in [5, 5.41) is 15.9. The minimum atomic E-state index is -2.47. The van der Waals surface area contributed by atoms with Crippen LogP contribution in [0.1, 0.15) is 119 Å². The smallest absolute Gasteiger partial charge is 0.412 e. The molecule has 1 amide bonds. The lowest BCUT2D eigenvalue weighted by Gasteiger charge is -2.58. The number of hydrogen-bond donors (Lipinski definition) is 2. The second-order valence-corrected chi connectivity index (χ2v) is 23.5. The molecule has 9 heteroatoms. The van der Waals surface area contributed by atoms with Gasteiger partial charge >= 0.3 is 12.1 Å². The molecular weight excluding hydrogens is 671 g/mol. The Morgan fingerprint density at radius 1 is 0.981 bits per heavy atom. The van der Waals surface area contributed by atoms with Gasteiger partial charge in [-0.2, -0.15) is 0 Å². The summed E-state index contributed by atoms with van der Waals surface area (Å²) in [6.07, 6.45) is 0.265. The highest BCUT2D eigenvalue weighted by Crippen LogP contribution is 2.80. The molecule has 3 aliphatic carbocycles. The summed E-state index contributed by atoms with van der Waals surface area (Å²) in [6.45, 7) is 29.6. The van der Waals surface area contributed by atoms with Crippen molar-refractivity contribution in [3.05, 3.63) is 65.7 Å². The third-order valence-corrected chi connectivity index (χ3v) is 19.3. The van der Waals surface area contributed by atoms with Gasteiger partial charge in [-0.05, 0) is 84.0 Å². The number of rotatable bonds is 11. The number of benzene rings is 2. The molecule has 286 valence electrons. The summed E-state index contributed by atoms with van der Waals surface area (Å²) >= 11 is 0. The highest BCUT2D eigenvalue weighted by Gasteiger charge is 2.85. The van der Waals surface area contributed by atoms with Crippen LogP contribution in [-0.4, -0.2) is 49.9 Å². The average Bonchev–Trinajstić information content (AvgIpc) is 3.29. The standard InChI is InChI=1S/C43H63NO7Si/c1-26(2)52(27(3)4,28(5)6)51-37-30(18-17-21-33(37)44-38(46)50-39(8,9)10)22-23-36(45)49-35-24-34-40(11,12)41(35,13)42(47)25-29(7)31-19-15-16-20-32(31)43(34,42)48-14/h15-21,26-28,34-35,47H,7,22-25H2,1-6,8-14H3,(H,44,46)/t34-,35+,41+,42+,43-/m0/s1. The van der Waals surface area contributed by atoms with Crippen molar-refractivity contribution in [1.82, 2.24) is 0 Å². The van der Waals surface area contributed by atoms with Crippen LogP contribution in [0.25, 0.3) is 5.57 Å². The second-order valence-electron chi connectivity index (χ2n) is 18.2. The fraction of sp³-hybridized carbons (Fsp3) is 0.628. The first-order valence-corrected chi connectivity index (χ1v) is 21.2. The number of methoxy groups -OCH3 is 1. The van der Waals surface area contributed by atoms with Gasteiger partial charge in [0.15, 0.2) is 0 Å². The monoisotopic (exact) mass is 733 g/mol. The number of hydrogen-bond acceptors (Lipinski definition) is 7. The number of ether oxygens (including phenoxy) is 3. The molecular formula is C43H63NO7Si. The molecule has 0 aliphatic heterocycles.